The minimum Gasteiger partial charge on any atom is -0.324 e. The van der Waals surface area contributed by atoms with E-state index in [2.05, 4.69) is 6.07 Å². The van der Waals surface area contributed by atoms with Crippen molar-refractivity contribution >= 4 is 23.4 Å². The molecule has 0 spiro atoms. The van der Waals surface area contributed by atoms with Crippen LogP contribution in [0.15, 0.2) is 47.4 Å². The van der Waals surface area contributed by atoms with Crippen molar-refractivity contribution in [3.8, 4) is 0 Å². The first-order chi connectivity index (χ1) is 9.06. The molecular formula is C15H15ClFNS. The van der Waals surface area contributed by atoms with E-state index in [9.17, 15) is 4.39 Å². The van der Waals surface area contributed by atoms with Crippen LogP contribution in [0.25, 0.3) is 0 Å². The van der Waals surface area contributed by atoms with Crippen molar-refractivity contribution in [2.75, 3.05) is 0 Å². The zero-order chi connectivity index (χ0) is 13.8. The number of rotatable bonds is 4. The average Bonchev–Trinajstić information content (AvgIpc) is 2.40. The van der Waals surface area contributed by atoms with Crippen molar-refractivity contribution in [2.45, 2.75) is 23.6 Å². The van der Waals surface area contributed by atoms with Crippen molar-refractivity contribution in [1.29, 1.82) is 0 Å². The first kappa shape index (κ1) is 14.4. The topological polar surface area (TPSA) is 26.0 Å². The minimum absolute atomic E-state index is 0.0285. The smallest absolute Gasteiger partial charge is 0.141 e. The Kier molecular flexibility index (Phi) is 4.86. The van der Waals surface area contributed by atoms with Gasteiger partial charge in [-0.25, -0.2) is 4.39 Å². The molecule has 1 atom stereocenters. The van der Waals surface area contributed by atoms with Crippen molar-refractivity contribution in [3.05, 3.63) is 64.4 Å². The van der Waals surface area contributed by atoms with Crippen molar-refractivity contribution in [3.63, 3.8) is 0 Å². The summed E-state index contributed by atoms with van der Waals surface area (Å²) in [6.07, 6.45) is 0. The third kappa shape index (κ3) is 3.96. The summed E-state index contributed by atoms with van der Waals surface area (Å²) in [5, 5.41) is 0.169. The van der Waals surface area contributed by atoms with Crippen LogP contribution in [0.5, 0.6) is 0 Å². The average molecular weight is 296 g/mol. The maximum absolute atomic E-state index is 13.1. The summed E-state index contributed by atoms with van der Waals surface area (Å²) in [6, 6.07) is 13.0. The van der Waals surface area contributed by atoms with Crippen molar-refractivity contribution < 1.29 is 4.39 Å². The van der Waals surface area contributed by atoms with Crippen LogP contribution in [0.4, 0.5) is 4.39 Å². The molecule has 0 heterocycles. The quantitative estimate of drug-likeness (QED) is 0.821. The molecule has 0 fully saturated rings. The van der Waals surface area contributed by atoms with E-state index in [0.717, 1.165) is 21.8 Å². The van der Waals surface area contributed by atoms with Crippen LogP contribution in [0.3, 0.4) is 0 Å². The van der Waals surface area contributed by atoms with Gasteiger partial charge in [0.25, 0.3) is 0 Å². The first-order valence-corrected chi connectivity index (χ1v) is 7.35. The molecule has 0 radical (unpaired) electrons. The van der Waals surface area contributed by atoms with E-state index >= 15 is 0 Å². The van der Waals surface area contributed by atoms with Gasteiger partial charge in [-0.05, 0) is 42.3 Å². The van der Waals surface area contributed by atoms with Crippen LogP contribution in [0.2, 0.25) is 5.02 Å². The standard InChI is InChI=1S/C15H15ClFNS/c1-10(18)12-3-2-4-13(8-12)19-9-11-5-6-15(17)14(16)7-11/h2-8,10H,9,18H2,1H3. The van der Waals surface area contributed by atoms with Crippen LogP contribution in [-0.2, 0) is 5.75 Å². The SMILES string of the molecule is CC(N)c1cccc(SCc2ccc(F)c(Cl)c2)c1. The van der Waals surface area contributed by atoms with Crippen LogP contribution in [0, 0.1) is 5.82 Å². The fraction of sp³-hybridized carbons (Fsp3) is 0.200. The Morgan fingerprint density at radius 3 is 2.74 bits per heavy atom. The van der Waals surface area contributed by atoms with Gasteiger partial charge in [0.2, 0.25) is 0 Å². The molecule has 0 aliphatic carbocycles. The summed E-state index contributed by atoms with van der Waals surface area (Å²) < 4.78 is 13.1. The van der Waals surface area contributed by atoms with E-state index in [1.54, 1.807) is 23.9 Å². The molecule has 0 saturated heterocycles. The summed E-state index contributed by atoms with van der Waals surface area (Å²) in [4.78, 5) is 1.15. The fourth-order valence-electron chi connectivity index (χ4n) is 1.68. The van der Waals surface area contributed by atoms with Gasteiger partial charge in [-0.2, -0.15) is 0 Å². The Morgan fingerprint density at radius 1 is 1.26 bits per heavy atom. The molecule has 1 unspecified atom stereocenters. The van der Waals surface area contributed by atoms with Gasteiger partial charge in [0.15, 0.2) is 0 Å². The summed E-state index contributed by atoms with van der Waals surface area (Å²) in [5.41, 5.74) is 7.97. The van der Waals surface area contributed by atoms with Crippen LogP contribution >= 0.6 is 23.4 Å². The number of hydrogen-bond acceptors (Lipinski definition) is 2. The van der Waals surface area contributed by atoms with E-state index in [4.69, 9.17) is 17.3 Å². The Labute approximate surface area is 122 Å². The van der Waals surface area contributed by atoms with E-state index in [1.165, 1.54) is 6.07 Å². The van der Waals surface area contributed by atoms with Gasteiger partial charge in [0.05, 0.1) is 5.02 Å². The molecule has 0 bridgehead atoms. The molecule has 4 heteroatoms. The third-order valence-electron chi connectivity index (χ3n) is 2.77. The highest BCUT2D eigenvalue weighted by atomic mass is 35.5. The van der Waals surface area contributed by atoms with Gasteiger partial charge in [-0.3, -0.25) is 0 Å². The number of halogens is 2. The number of hydrogen-bond donors (Lipinski definition) is 1. The molecule has 19 heavy (non-hydrogen) atoms. The zero-order valence-electron chi connectivity index (χ0n) is 10.6. The number of nitrogens with two attached hydrogens (primary N) is 1. The second-order valence-electron chi connectivity index (χ2n) is 4.40. The Hall–Kier alpha value is -1.03. The second-order valence-corrected chi connectivity index (χ2v) is 5.85. The Morgan fingerprint density at radius 2 is 2.05 bits per heavy atom. The highest BCUT2D eigenvalue weighted by molar-refractivity contribution is 7.98. The highest BCUT2D eigenvalue weighted by Crippen LogP contribution is 2.26. The lowest BCUT2D eigenvalue weighted by Gasteiger charge is -2.08. The molecule has 1 nitrogen and oxygen atoms in total. The maximum Gasteiger partial charge on any atom is 0.141 e. The number of benzene rings is 2. The van der Waals surface area contributed by atoms with Gasteiger partial charge < -0.3 is 5.73 Å². The van der Waals surface area contributed by atoms with Gasteiger partial charge in [0, 0.05) is 16.7 Å². The van der Waals surface area contributed by atoms with Gasteiger partial charge >= 0.3 is 0 Å². The molecule has 100 valence electrons. The summed E-state index contributed by atoms with van der Waals surface area (Å²) >= 11 is 7.44. The molecule has 0 aromatic heterocycles. The molecular weight excluding hydrogens is 281 g/mol. The van der Waals surface area contributed by atoms with Gasteiger partial charge in [-0.1, -0.05) is 29.8 Å². The molecule has 2 aromatic rings. The summed E-state index contributed by atoms with van der Waals surface area (Å²) in [5.74, 6) is 0.372. The van der Waals surface area contributed by atoms with Crippen LogP contribution in [0.1, 0.15) is 24.1 Å². The summed E-state index contributed by atoms with van der Waals surface area (Å²) in [6.45, 7) is 1.96. The van der Waals surface area contributed by atoms with Crippen LogP contribution in [-0.4, -0.2) is 0 Å². The van der Waals surface area contributed by atoms with E-state index in [0.29, 0.717) is 0 Å². The molecule has 0 aliphatic heterocycles. The molecule has 2 N–H and O–H groups in total. The summed E-state index contributed by atoms with van der Waals surface area (Å²) in [7, 11) is 0. The second kappa shape index (κ2) is 6.42. The zero-order valence-corrected chi connectivity index (χ0v) is 12.1. The highest BCUT2D eigenvalue weighted by Gasteiger charge is 2.04. The monoisotopic (exact) mass is 295 g/mol. The minimum atomic E-state index is -0.380. The molecule has 0 saturated carbocycles. The van der Waals surface area contributed by atoms with E-state index < -0.39 is 0 Å². The van der Waals surface area contributed by atoms with E-state index in [-0.39, 0.29) is 16.9 Å². The Bertz CT molecular complexity index is 572. The van der Waals surface area contributed by atoms with E-state index in [1.807, 2.05) is 25.1 Å². The lowest BCUT2D eigenvalue weighted by atomic mass is 10.1. The molecule has 2 aromatic carbocycles. The van der Waals surface area contributed by atoms with Gasteiger partial charge in [0.1, 0.15) is 5.82 Å². The predicted molar refractivity (Wildman–Crippen MR) is 80.0 cm³/mol. The Balaban J connectivity index is 2.05. The van der Waals surface area contributed by atoms with Gasteiger partial charge in [-0.15, -0.1) is 11.8 Å². The molecule has 2 rings (SSSR count). The fourth-order valence-corrected chi connectivity index (χ4v) is 2.79. The first-order valence-electron chi connectivity index (χ1n) is 5.98. The predicted octanol–water partition coefficient (Wildman–Crippen LogP) is 4.79. The third-order valence-corrected chi connectivity index (χ3v) is 4.13. The van der Waals surface area contributed by atoms with Crippen molar-refractivity contribution in [2.24, 2.45) is 5.73 Å². The maximum atomic E-state index is 13.1. The normalized spacial score (nSPS) is 12.4. The van der Waals surface area contributed by atoms with Crippen LogP contribution < -0.4 is 5.73 Å². The molecule has 0 aliphatic rings. The largest absolute Gasteiger partial charge is 0.324 e. The van der Waals surface area contributed by atoms with Crippen molar-refractivity contribution in [1.82, 2.24) is 0 Å². The lowest BCUT2D eigenvalue weighted by Crippen LogP contribution is -2.04. The number of thioether (sulfide) groups is 1. The lowest BCUT2D eigenvalue weighted by molar-refractivity contribution is 0.628. The molecule has 0 amide bonds.